The summed E-state index contributed by atoms with van der Waals surface area (Å²) in [5.41, 5.74) is 0. The molecule has 0 rings (SSSR count). The van der Waals surface area contributed by atoms with Gasteiger partial charge in [-0.05, 0) is 20.3 Å². The Morgan fingerprint density at radius 3 is 2.13 bits per heavy atom. The molecule has 1 N–H and O–H groups in total. The first-order valence-corrected chi connectivity index (χ1v) is 5.80. The zero-order chi connectivity index (χ0) is 11.6. The molecule has 0 bridgehead atoms. The van der Waals surface area contributed by atoms with E-state index in [-0.39, 0.29) is 35.5 Å². The van der Waals surface area contributed by atoms with E-state index >= 15 is 0 Å². The SMILES string of the molecule is CCC(C)C(=O)NC(C)(C)S(=O)(=O)[O-].[Na+]. The van der Waals surface area contributed by atoms with E-state index in [0.717, 1.165) is 0 Å². The molecule has 0 saturated carbocycles. The van der Waals surface area contributed by atoms with Crippen LogP contribution in [0.1, 0.15) is 34.1 Å². The monoisotopic (exact) mass is 245 g/mol. The van der Waals surface area contributed by atoms with Crippen LogP contribution < -0.4 is 34.9 Å². The fourth-order valence-corrected chi connectivity index (χ4v) is 0.893. The molecule has 0 fully saturated rings. The van der Waals surface area contributed by atoms with Gasteiger partial charge in [-0.1, -0.05) is 13.8 Å². The van der Waals surface area contributed by atoms with Crippen LogP contribution in [-0.2, 0) is 14.9 Å². The van der Waals surface area contributed by atoms with Crippen LogP contribution in [0.2, 0.25) is 0 Å². The van der Waals surface area contributed by atoms with Crippen molar-refractivity contribution in [3.63, 3.8) is 0 Å². The van der Waals surface area contributed by atoms with E-state index in [1.54, 1.807) is 6.92 Å². The molecule has 1 unspecified atom stereocenters. The Balaban J connectivity index is 0. The van der Waals surface area contributed by atoms with Gasteiger partial charge in [-0.3, -0.25) is 4.79 Å². The molecule has 0 aromatic heterocycles. The van der Waals surface area contributed by atoms with Gasteiger partial charge < -0.3 is 9.87 Å². The van der Waals surface area contributed by atoms with E-state index in [4.69, 9.17) is 0 Å². The summed E-state index contributed by atoms with van der Waals surface area (Å²) in [7, 11) is -4.52. The van der Waals surface area contributed by atoms with Crippen LogP contribution in [0.4, 0.5) is 0 Å². The van der Waals surface area contributed by atoms with Crippen LogP contribution in [0, 0.1) is 5.92 Å². The van der Waals surface area contributed by atoms with Gasteiger partial charge in [0, 0.05) is 5.92 Å². The standard InChI is InChI=1S/C8H17NO4S.Na/c1-5-6(2)7(10)9-8(3,4)14(11,12)13;/h6H,5H2,1-4H3,(H,9,10)(H,11,12,13);/q;+1/p-1. The van der Waals surface area contributed by atoms with Crippen molar-refractivity contribution in [1.29, 1.82) is 0 Å². The van der Waals surface area contributed by atoms with Crippen molar-refractivity contribution in [3.05, 3.63) is 0 Å². The Kier molecular flexibility index (Phi) is 7.34. The van der Waals surface area contributed by atoms with Crippen molar-refractivity contribution in [2.75, 3.05) is 0 Å². The Morgan fingerprint density at radius 1 is 1.47 bits per heavy atom. The zero-order valence-corrected chi connectivity index (χ0v) is 12.6. The molecule has 0 spiro atoms. The minimum Gasteiger partial charge on any atom is -0.746 e. The van der Waals surface area contributed by atoms with Crippen LogP contribution in [0.5, 0.6) is 0 Å². The van der Waals surface area contributed by atoms with Crippen molar-refractivity contribution in [3.8, 4) is 0 Å². The summed E-state index contributed by atoms with van der Waals surface area (Å²) in [4.78, 5) is 9.58. The average molecular weight is 245 g/mol. The number of amides is 1. The Labute approximate surface area is 113 Å². The fraction of sp³-hybridized carbons (Fsp3) is 0.875. The quantitative estimate of drug-likeness (QED) is 0.436. The van der Waals surface area contributed by atoms with Gasteiger partial charge in [0.25, 0.3) is 0 Å². The first-order valence-electron chi connectivity index (χ1n) is 4.39. The van der Waals surface area contributed by atoms with Gasteiger partial charge in [-0.25, -0.2) is 8.42 Å². The third kappa shape index (κ3) is 5.31. The van der Waals surface area contributed by atoms with Crippen molar-refractivity contribution >= 4 is 16.0 Å². The zero-order valence-electron chi connectivity index (χ0n) is 9.83. The first-order chi connectivity index (χ1) is 6.12. The van der Waals surface area contributed by atoms with Crippen molar-refractivity contribution in [2.45, 2.75) is 39.0 Å². The predicted octanol–water partition coefficient (Wildman–Crippen LogP) is -2.57. The summed E-state index contributed by atoms with van der Waals surface area (Å²) in [5.74, 6) is -0.715. The van der Waals surface area contributed by atoms with Crippen LogP contribution in [0.3, 0.4) is 0 Å². The summed E-state index contributed by atoms with van der Waals surface area (Å²) in [6.45, 7) is 5.83. The molecular formula is C8H16NNaO4S. The molecule has 7 heteroatoms. The summed E-state index contributed by atoms with van der Waals surface area (Å²) < 4.78 is 32.2. The van der Waals surface area contributed by atoms with Gasteiger partial charge in [0.05, 0.1) is 0 Å². The van der Waals surface area contributed by atoms with Crippen LogP contribution >= 0.6 is 0 Å². The van der Waals surface area contributed by atoms with Crippen molar-refractivity contribution < 1.29 is 47.3 Å². The first kappa shape index (κ1) is 17.8. The van der Waals surface area contributed by atoms with Crippen LogP contribution in [0.25, 0.3) is 0 Å². The normalized spacial score (nSPS) is 13.9. The molecule has 0 aromatic rings. The maximum Gasteiger partial charge on any atom is 1.00 e. The van der Waals surface area contributed by atoms with Crippen LogP contribution in [-0.4, -0.2) is 23.7 Å². The second-order valence-corrected chi connectivity index (χ2v) is 5.69. The number of nitrogens with one attached hydrogen (secondary N) is 1. The van der Waals surface area contributed by atoms with Gasteiger partial charge in [0.1, 0.15) is 15.0 Å². The third-order valence-electron chi connectivity index (χ3n) is 2.11. The van der Waals surface area contributed by atoms with Gasteiger partial charge >= 0.3 is 29.6 Å². The number of rotatable bonds is 4. The number of carbonyl (C=O) groups excluding carboxylic acids is 1. The van der Waals surface area contributed by atoms with Gasteiger partial charge in [0.15, 0.2) is 0 Å². The molecule has 84 valence electrons. The fourth-order valence-electron chi connectivity index (χ4n) is 0.668. The van der Waals surface area contributed by atoms with Gasteiger partial charge in [-0.2, -0.15) is 0 Å². The van der Waals surface area contributed by atoms with Crippen molar-refractivity contribution in [2.24, 2.45) is 5.92 Å². The molecule has 0 aliphatic carbocycles. The van der Waals surface area contributed by atoms with Gasteiger partial charge in [-0.15, -0.1) is 0 Å². The van der Waals surface area contributed by atoms with E-state index in [2.05, 4.69) is 5.32 Å². The summed E-state index contributed by atoms with van der Waals surface area (Å²) in [6, 6.07) is 0. The topological polar surface area (TPSA) is 86.3 Å². The van der Waals surface area contributed by atoms with E-state index < -0.39 is 20.9 Å². The maximum atomic E-state index is 11.3. The Morgan fingerprint density at radius 2 is 1.87 bits per heavy atom. The van der Waals surface area contributed by atoms with E-state index in [0.29, 0.717) is 6.42 Å². The van der Waals surface area contributed by atoms with E-state index in [9.17, 15) is 17.8 Å². The summed E-state index contributed by atoms with van der Waals surface area (Å²) in [5, 5.41) is 2.21. The second kappa shape index (κ2) is 6.20. The minimum absolute atomic E-state index is 0. The molecule has 15 heavy (non-hydrogen) atoms. The van der Waals surface area contributed by atoms with Crippen LogP contribution in [0.15, 0.2) is 0 Å². The molecule has 0 aliphatic heterocycles. The molecule has 1 amide bonds. The molecule has 5 nitrogen and oxygen atoms in total. The second-order valence-electron chi connectivity index (χ2n) is 3.76. The smallest absolute Gasteiger partial charge is 0.746 e. The maximum absolute atomic E-state index is 11.3. The molecule has 0 heterocycles. The molecule has 1 atom stereocenters. The summed E-state index contributed by atoms with van der Waals surface area (Å²) in [6.07, 6.45) is 0.598. The molecule has 0 saturated heterocycles. The molecule has 0 radical (unpaired) electrons. The number of hydrogen-bond donors (Lipinski definition) is 1. The Hall–Kier alpha value is 0.380. The van der Waals surface area contributed by atoms with E-state index in [1.807, 2.05) is 6.92 Å². The average Bonchev–Trinajstić information content (AvgIpc) is 2.00. The molecule has 0 aliphatic rings. The predicted molar refractivity (Wildman–Crippen MR) is 51.4 cm³/mol. The third-order valence-corrected chi connectivity index (χ3v) is 3.46. The summed E-state index contributed by atoms with van der Waals surface area (Å²) >= 11 is 0. The number of hydrogen-bond acceptors (Lipinski definition) is 4. The van der Waals surface area contributed by atoms with Gasteiger partial charge in [0.2, 0.25) is 5.91 Å². The molecule has 0 aromatic carbocycles. The minimum atomic E-state index is -4.52. The molecular weight excluding hydrogens is 229 g/mol. The van der Waals surface area contributed by atoms with E-state index in [1.165, 1.54) is 13.8 Å². The Bertz CT molecular complexity index is 313. The number of carbonyl (C=O) groups is 1. The van der Waals surface area contributed by atoms with Crippen molar-refractivity contribution in [1.82, 2.24) is 5.32 Å². The largest absolute Gasteiger partial charge is 1.00 e.